The average Bonchev–Trinajstić information content (AvgIpc) is 2.83. The normalized spacial score (nSPS) is 10.7. The molecule has 35 heavy (non-hydrogen) atoms. The van der Waals surface area contributed by atoms with Crippen molar-refractivity contribution in [2.75, 3.05) is 0 Å². The van der Waals surface area contributed by atoms with Crippen LogP contribution in [0.25, 0.3) is 0 Å². The van der Waals surface area contributed by atoms with E-state index in [9.17, 15) is 0 Å². The van der Waals surface area contributed by atoms with Crippen LogP contribution in [-0.4, -0.2) is 28.2 Å². The van der Waals surface area contributed by atoms with E-state index in [2.05, 4.69) is 121 Å². The molecule has 7 nitrogen and oxygen atoms in total. The van der Waals surface area contributed by atoms with E-state index in [-0.39, 0.29) is 0 Å². The summed E-state index contributed by atoms with van der Waals surface area (Å²) < 4.78 is 39.2. The third kappa shape index (κ3) is 10.1. The summed E-state index contributed by atoms with van der Waals surface area (Å²) in [6, 6.07) is 44.4. The Kier molecular flexibility index (Phi) is 11.9. The summed E-state index contributed by atoms with van der Waals surface area (Å²) in [6.07, 6.45) is 0. The molecular weight excluding hydrogens is 702 g/mol. The Labute approximate surface area is 213 Å². The molecule has 3 N–H and O–H groups in total. The van der Waals surface area contributed by atoms with Crippen LogP contribution in [-0.2, 0) is 34.2 Å². The number of benzene rings is 4. The zero-order chi connectivity index (χ0) is 25.7. The summed E-state index contributed by atoms with van der Waals surface area (Å²) in [4.78, 5) is 21.6. The van der Waals surface area contributed by atoms with Gasteiger partial charge in [-0.25, -0.2) is 4.57 Å². The van der Waals surface area contributed by atoms with Gasteiger partial charge in [0.15, 0.2) is 0 Å². The van der Waals surface area contributed by atoms with E-state index in [4.69, 9.17) is 29.8 Å². The van der Waals surface area contributed by atoms with Gasteiger partial charge in [0.2, 0.25) is 0 Å². The van der Waals surface area contributed by atoms with Gasteiger partial charge in [0.1, 0.15) is 0 Å². The molecule has 0 atom stereocenters. The zero-order valence-corrected chi connectivity index (χ0v) is 24.2. The molecule has 0 fully saturated rings. The fourth-order valence-corrected chi connectivity index (χ4v) is 12.5. The van der Waals surface area contributed by atoms with Crippen LogP contribution in [0.2, 0.25) is 0 Å². The third-order valence-corrected chi connectivity index (χ3v) is 14.0. The van der Waals surface area contributed by atoms with E-state index >= 15 is 0 Å². The standard InChI is InChI=1S/C25H22As.H3O4P.3O.W/c1-5-13-22(14-6-1)21-26(23-15-7-2-8-16-23,24-17-9-3-10-18-24)25-19-11-4-12-20-25;1-5(2,3)4;;;;/h1-20H,21H2;(H3,1,2,3,4);;;;/q+1;;;;-1;. The van der Waals surface area contributed by atoms with Crippen LogP contribution >= 0.6 is 7.82 Å². The Morgan fingerprint density at radius 2 is 0.829 bits per heavy atom. The summed E-state index contributed by atoms with van der Waals surface area (Å²) in [5.41, 5.74) is 1.41. The van der Waals surface area contributed by atoms with E-state index in [1.165, 1.54) is 18.6 Å². The summed E-state index contributed by atoms with van der Waals surface area (Å²) in [5, 5.41) is 1.09. The van der Waals surface area contributed by atoms with Crippen molar-refractivity contribution < 1.29 is 47.4 Å². The topological polar surface area (TPSA) is 135 Å². The van der Waals surface area contributed by atoms with Gasteiger partial charge in [-0.15, -0.1) is 0 Å². The van der Waals surface area contributed by atoms with Crippen molar-refractivity contribution in [1.29, 1.82) is 0 Å². The van der Waals surface area contributed by atoms with Crippen LogP contribution in [0, 0.1) is 0 Å². The number of rotatable bonds is 5. The van der Waals surface area contributed by atoms with Crippen molar-refractivity contribution in [2.24, 2.45) is 0 Å². The SMILES string of the molecule is O=P(O)(O)O.[O]=[W](=[O])[O-].c1ccc(C[As+](c2ccccc2)(c2ccccc2)c2ccccc2)cc1. The molecule has 0 aliphatic rings. The monoisotopic (exact) mass is 727 g/mol. The number of hydrogen-bond donors (Lipinski definition) is 3. The molecule has 0 saturated carbocycles. The van der Waals surface area contributed by atoms with Crippen molar-refractivity contribution >= 4 is 34.4 Å². The van der Waals surface area contributed by atoms with Gasteiger partial charge < -0.3 is 14.7 Å². The first-order valence-electron chi connectivity index (χ1n) is 10.3. The molecular formula is C25H25AsO7PW. The predicted molar refractivity (Wildman–Crippen MR) is 130 cm³/mol. The van der Waals surface area contributed by atoms with E-state index in [1.807, 2.05) is 0 Å². The molecule has 4 rings (SSSR count). The molecule has 0 bridgehead atoms. The molecule has 0 amide bonds. The van der Waals surface area contributed by atoms with Crippen molar-refractivity contribution in [3.8, 4) is 0 Å². The van der Waals surface area contributed by atoms with Crippen molar-refractivity contribution in [3.63, 3.8) is 0 Å². The molecule has 0 aliphatic carbocycles. The summed E-state index contributed by atoms with van der Waals surface area (Å²) in [6.45, 7) is 0. The fraction of sp³-hybridized carbons (Fsp3) is 0.0400. The van der Waals surface area contributed by atoms with Gasteiger partial charge in [0.05, 0.1) is 0 Å². The van der Waals surface area contributed by atoms with Crippen LogP contribution in [0.3, 0.4) is 0 Å². The van der Waals surface area contributed by atoms with Gasteiger partial charge in [0, 0.05) is 0 Å². The van der Waals surface area contributed by atoms with Crippen molar-refractivity contribution in [1.82, 2.24) is 0 Å². The van der Waals surface area contributed by atoms with Gasteiger partial charge in [-0.2, -0.15) is 0 Å². The zero-order valence-electron chi connectivity index (χ0n) is 18.5. The molecule has 0 saturated heterocycles. The second kappa shape index (κ2) is 14.4. The van der Waals surface area contributed by atoms with Gasteiger partial charge in [-0.1, -0.05) is 0 Å². The van der Waals surface area contributed by atoms with Crippen LogP contribution in [0.5, 0.6) is 0 Å². The molecule has 0 unspecified atom stereocenters. The Bertz CT molecular complexity index is 1150. The Balaban J connectivity index is 0.000000414. The maximum atomic E-state index is 8.88. The van der Waals surface area contributed by atoms with E-state index in [0.29, 0.717) is 0 Å². The second-order valence-electron chi connectivity index (χ2n) is 7.18. The fourth-order valence-electron chi connectivity index (χ4n) is 3.63. The first kappa shape index (κ1) is 29.0. The van der Waals surface area contributed by atoms with Crippen molar-refractivity contribution in [2.45, 2.75) is 5.21 Å². The summed E-state index contributed by atoms with van der Waals surface area (Å²) in [5.74, 6) is 0. The summed E-state index contributed by atoms with van der Waals surface area (Å²) >= 11 is -6.90. The Morgan fingerprint density at radius 3 is 1.09 bits per heavy atom. The molecule has 0 aromatic heterocycles. The minimum atomic E-state index is -4.64. The Hall–Kier alpha value is -2.20. The van der Waals surface area contributed by atoms with Crippen LogP contribution < -0.4 is 16.8 Å². The van der Waals surface area contributed by atoms with E-state index < -0.39 is 39.0 Å². The van der Waals surface area contributed by atoms with Crippen molar-refractivity contribution in [3.05, 3.63) is 127 Å². The third-order valence-electron chi connectivity index (χ3n) is 4.85. The molecule has 4 aromatic rings. The molecule has 0 aliphatic heterocycles. The van der Waals surface area contributed by atoms with Gasteiger partial charge in [-0.05, 0) is 0 Å². The molecule has 0 heterocycles. The first-order valence-corrected chi connectivity index (χ1v) is 19.6. The number of phosphoric acid groups is 1. The predicted octanol–water partition coefficient (Wildman–Crippen LogP) is 1.58. The van der Waals surface area contributed by atoms with Crippen LogP contribution in [0.15, 0.2) is 121 Å². The molecule has 183 valence electrons. The van der Waals surface area contributed by atoms with Gasteiger partial charge >= 0.3 is 195 Å². The van der Waals surface area contributed by atoms with Gasteiger partial charge in [-0.3, -0.25) is 0 Å². The Morgan fingerprint density at radius 1 is 0.600 bits per heavy atom. The molecule has 0 radical (unpaired) electrons. The van der Waals surface area contributed by atoms with Crippen LogP contribution in [0.1, 0.15) is 5.56 Å². The van der Waals surface area contributed by atoms with E-state index in [0.717, 1.165) is 5.21 Å². The van der Waals surface area contributed by atoms with Gasteiger partial charge in [0.25, 0.3) is 0 Å². The first-order chi connectivity index (χ1) is 16.6. The van der Waals surface area contributed by atoms with Crippen LogP contribution in [0.4, 0.5) is 0 Å². The second-order valence-corrected chi connectivity index (χ2v) is 17.0. The molecule has 10 heteroatoms. The molecule has 0 spiro atoms. The van der Waals surface area contributed by atoms with E-state index in [1.54, 1.807) is 0 Å². The maximum absolute atomic E-state index is 8.88. The minimum absolute atomic E-state index is 1.09. The average molecular weight is 727 g/mol. The molecule has 4 aromatic carbocycles. The quantitative estimate of drug-likeness (QED) is 0.210. The number of hydrogen-bond acceptors (Lipinski definition) is 4. The summed E-state index contributed by atoms with van der Waals surface area (Å²) in [7, 11) is -4.64.